The van der Waals surface area contributed by atoms with E-state index in [2.05, 4.69) is 10.4 Å². The Kier molecular flexibility index (Phi) is 6.02. The van der Waals surface area contributed by atoms with Crippen LogP contribution in [0.1, 0.15) is 66.3 Å². The van der Waals surface area contributed by atoms with Gasteiger partial charge in [0.1, 0.15) is 11.3 Å². The van der Waals surface area contributed by atoms with Gasteiger partial charge in [-0.1, -0.05) is 26.0 Å². The first kappa shape index (κ1) is 23.0. The minimum absolute atomic E-state index is 0.0916. The maximum absolute atomic E-state index is 13.7. The van der Waals surface area contributed by atoms with Crippen molar-refractivity contribution in [2.75, 3.05) is 31.6 Å². The van der Waals surface area contributed by atoms with Crippen LogP contribution in [0.25, 0.3) is 22.0 Å². The number of fused-ring (bicyclic) bond motifs is 2. The molecule has 5 rings (SSSR count). The van der Waals surface area contributed by atoms with Crippen LogP contribution in [0, 0.1) is 0 Å². The fourth-order valence-electron chi connectivity index (χ4n) is 4.31. The minimum Gasteiger partial charge on any atom is -0.449 e. The summed E-state index contributed by atoms with van der Waals surface area (Å²) in [5.41, 5.74) is 2.83. The van der Waals surface area contributed by atoms with Crippen LogP contribution in [-0.2, 0) is 4.74 Å². The lowest BCUT2D eigenvalue weighted by Gasteiger charge is -2.26. The van der Waals surface area contributed by atoms with Gasteiger partial charge in [-0.25, -0.2) is 9.67 Å². The Hall–Kier alpha value is -3.72. The van der Waals surface area contributed by atoms with Crippen molar-refractivity contribution in [1.82, 2.24) is 19.7 Å². The number of rotatable bonds is 5. The summed E-state index contributed by atoms with van der Waals surface area (Å²) in [6, 6.07) is 9.21. The van der Waals surface area contributed by atoms with Crippen LogP contribution in [0.15, 0.2) is 40.9 Å². The highest BCUT2D eigenvalue weighted by Gasteiger charge is 2.28. The highest BCUT2D eigenvalue weighted by molar-refractivity contribution is 6.17. The zero-order chi connectivity index (χ0) is 24.7. The third-order valence-electron chi connectivity index (χ3n) is 6.24. The molecule has 2 amide bonds. The normalized spacial score (nSPS) is 14.4. The van der Waals surface area contributed by atoms with Crippen molar-refractivity contribution in [2.24, 2.45) is 0 Å². The molecule has 9 heteroatoms. The van der Waals surface area contributed by atoms with Crippen molar-refractivity contribution >= 4 is 39.5 Å². The number of carbonyl (C=O) groups is 2. The summed E-state index contributed by atoms with van der Waals surface area (Å²) in [6.07, 6.45) is 1.68. The average Bonchev–Trinajstić information content (AvgIpc) is 3.45. The van der Waals surface area contributed by atoms with E-state index >= 15 is 0 Å². The van der Waals surface area contributed by atoms with Crippen LogP contribution < -0.4 is 5.32 Å². The summed E-state index contributed by atoms with van der Waals surface area (Å²) in [6.45, 7) is 10.0. The van der Waals surface area contributed by atoms with E-state index in [0.29, 0.717) is 59.6 Å². The van der Waals surface area contributed by atoms with Crippen molar-refractivity contribution in [3.8, 4) is 0 Å². The van der Waals surface area contributed by atoms with Crippen molar-refractivity contribution in [3.05, 3.63) is 53.5 Å². The molecule has 0 spiro atoms. The van der Waals surface area contributed by atoms with Gasteiger partial charge in [-0.2, -0.15) is 5.10 Å². The van der Waals surface area contributed by atoms with Gasteiger partial charge < -0.3 is 19.4 Å². The van der Waals surface area contributed by atoms with Crippen LogP contribution in [-0.4, -0.2) is 57.8 Å². The second-order valence-electron chi connectivity index (χ2n) is 9.33. The van der Waals surface area contributed by atoms with Gasteiger partial charge in [0.15, 0.2) is 5.65 Å². The first-order valence-electron chi connectivity index (χ1n) is 11.9. The second kappa shape index (κ2) is 9.14. The van der Waals surface area contributed by atoms with Crippen molar-refractivity contribution < 1.29 is 18.7 Å². The van der Waals surface area contributed by atoms with E-state index in [9.17, 15) is 9.59 Å². The third-order valence-corrected chi connectivity index (χ3v) is 6.24. The first-order chi connectivity index (χ1) is 16.8. The number of nitrogens with zero attached hydrogens (tertiary/aromatic N) is 4. The van der Waals surface area contributed by atoms with E-state index in [1.165, 1.54) is 0 Å². The number of furan rings is 1. The molecule has 0 saturated carbocycles. The van der Waals surface area contributed by atoms with E-state index in [1.54, 1.807) is 23.2 Å². The largest absolute Gasteiger partial charge is 0.449 e. The van der Waals surface area contributed by atoms with E-state index in [1.807, 2.05) is 50.6 Å². The molecule has 1 N–H and O–H groups in total. The summed E-state index contributed by atoms with van der Waals surface area (Å²) in [4.78, 5) is 33.5. The van der Waals surface area contributed by atoms with Gasteiger partial charge in [0.25, 0.3) is 11.8 Å². The Morgan fingerprint density at radius 2 is 1.80 bits per heavy atom. The molecule has 0 aliphatic carbocycles. The maximum Gasteiger partial charge on any atom is 0.291 e. The monoisotopic (exact) mass is 475 g/mol. The van der Waals surface area contributed by atoms with Crippen molar-refractivity contribution in [1.29, 1.82) is 0 Å². The number of hydrogen-bond donors (Lipinski definition) is 1. The zero-order valence-corrected chi connectivity index (χ0v) is 20.4. The standard InChI is InChI=1S/C26H29N5O4/c1-15(2)20-13-18(19-14-27-31(16(3)4)24(19)28-20)25(32)29-22-17-7-5-6-8-21(17)35-23(22)26(33)30-9-11-34-12-10-30/h5-8,13-16H,9-12H2,1-4H3,(H,29,32). The molecule has 35 heavy (non-hydrogen) atoms. The molecular weight excluding hydrogens is 446 g/mol. The third kappa shape index (κ3) is 4.16. The van der Waals surface area contributed by atoms with Crippen molar-refractivity contribution in [3.63, 3.8) is 0 Å². The molecule has 1 fully saturated rings. The van der Waals surface area contributed by atoms with Crippen molar-refractivity contribution in [2.45, 2.75) is 39.7 Å². The number of ether oxygens (including phenoxy) is 1. The van der Waals surface area contributed by atoms with Gasteiger partial charge >= 0.3 is 0 Å². The quantitative estimate of drug-likeness (QED) is 0.452. The van der Waals surface area contributed by atoms with Gasteiger partial charge in [0.05, 0.1) is 30.4 Å². The van der Waals surface area contributed by atoms with Gasteiger partial charge in [0.2, 0.25) is 5.76 Å². The zero-order valence-electron chi connectivity index (χ0n) is 20.4. The Labute approximate surface area is 203 Å². The summed E-state index contributed by atoms with van der Waals surface area (Å²) in [7, 11) is 0. The lowest BCUT2D eigenvalue weighted by molar-refractivity contribution is 0.0285. The number of hydrogen-bond acceptors (Lipinski definition) is 6. The molecule has 0 bridgehead atoms. The van der Waals surface area contributed by atoms with Gasteiger partial charge in [-0.3, -0.25) is 9.59 Å². The molecule has 3 aromatic heterocycles. The van der Waals surface area contributed by atoms with Crippen LogP contribution in [0.4, 0.5) is 5.69 Å². The van der Waals surface area contributed by atoms with Crippen LogP contribution in [0.3, 0.4) is 0 Å². The number of morpholine rings is 1. The van der Waals surface area contributed by atoms with E-state index in [0.717, 1.165) is 5.69 Å². The average molecular weight is 476 g/mol. The molecule has 0 unspecified atom stereocenters. The number of pyridine rings is 1. The minimum atomic E-state index is -0.342. The SMILES string of the molecule is CC(C)c1cc(C(=O)Nc2c(C(=O)N3CCOCC3)oc3ccccc23)c2cnn(C(C)C)c2n1. The number of benzene rings is 1. The number of amides is 2. The van der Waals surface area contributed by atoms with Crippen LogP contribution >= 0.6 is 0 Å². The smallest absolute Gasteiger partial charge is 0.291 e. The van der Waals surface area contributed by atoms with Gasteiger partial charge in [0, 0.05) is 30.2 Å². The molecule has 4 aromatic rings. The molecule has 0 radical (unpaired) electrons. The molecule has 9 nitrogen and oxygen atoms in total. The molecule has 0 atom stereocenters. The number of nitrogens with one attached hydrogen (secondary N) is 1. The fraction of sp³-hybridized carbons (Fsp3) is 0.385. The Morgan fingerprint density at radius 3 is 2.51 bits per heavy atom. The first-order valence-corrected chi connectivity index (χ1v) is 11.9. The molecule has 182 valence electrons. The molecular formula is C26H29N5O4. The van der Waals surface area contributed by atoms with Gasteiger partial charge in [-0.05, 0) is 38.0 Å². The van der Waals surface area contributed by atoms with E-state index in [-0.39, 0.29) is 29.5 Å². The van der Waals surface area contributed by atoms with E-state index in [4.69, 9.17) is 14.1 Å². The summed E-state index contributed by atoms with van der Waals surface area (Å²) in [5, 5.41) is 8.80. The predicted molar refractivity (Wildman–Crippen MR) is 133 cm³/mol. The van der Waals surface area contributed by atoms with Crippen LogP contribution in [0.5, 0.6) is 0 Å². The Morgan fingerprint density at radius 1 is 1.06 bits per heavy atom. The highest BCUT2D eigenvalue weighted by atomic mass is 16.5. The maximum atomic E-state index is 13.7. The fourth-order valence-corrected chi connectivity index (χ4v) is 4.31. The lowest BCUT2D eigenvalue weighted by atomic mass is 10.0. The van der Waals surface area contributed by atoms with E-state index < -0.39 is 0 Å². The lowest BCUT2D eigenvalue weighted by Crippen LogP contribution is -2.40. The highest BCUT2D eigenvalue weighted by Crippen LogP contribution is 2.33. The summed E-state index contributed by atoms with van der Waals surface area (Å²) in [5.74, 6) is -0.372. The topological polar surface area (TPSA) is 102 Å². The predicted octanol–water partition coefficient (Wildman–Crippen LogP) is 4.61. The molecule has 4 heterocycles. The Bertz CT molecular complexity index is 1410. The van der Waals surface area contributed by atoms with Crippen LogP contribution in [0.2, 0.25) is 0 Å². The summed E-state index contributed by atoms with van der Waals surface area (Å²) < 4.78 is 13.2. The molecule has 1 saturated heterocycles. The number of aromatic nitrogens is 3. The number of carbonyl (C=O) groups excluding carboxylic acids is 2. The molecule has 1 aliphatic heterocycles. The molecule has 1 aliphatic rings. The van der Waals surface area contributed by atoms with Gasteiger partial charge in [-0.15, -0.1) is 0 Å². The number of anilines is 1. The number of para-hydroxylation sites is 1. The molecule has 1 aromatic carbocycles. The second-order valence-corrected chi connectivity index (χ2v) is 9.33. The summed E-state index contributed by atoms with van der Waals surface area (Å²) >= 11 is 0. The Balaban J connectivity index is 1.59.